The van der Waals surface area contributed by atoms with Gasteiger partial charge in [0.1, 0.15) is 0 Å². The molecule has 2 saturated heterocycles. The van der Waals surface area contributed by atoms with Crippen molar-refractivity contribution >= 4 is 24.0 Å². The molecule has 0 aromatic heterocycles. The van der Waals surface area contributed by atoms with Gasteiger partial charge >= 0.3 is 0 Å². The van der Waals surface area contributed by atoms with Crippen LogP contribution in [0.5, 0.6) is 0 Å². The van der Waals surface area contributed by atoms with E-state index in [4.69, 9.17) is 0 Å². The molecule has 0 spiro atoms. The number of anilines is 1. The first-order chi connectivity index (χ1) is 10.3. The molecule has 2 aliphatic rings. The zero-order chi connectivity index (χ0) is 14.5. The topological polar surface area (TPSA) is 44.4 Å². The van der Waals surface area contributed by atoms with Gasteiger partial charge < -0.3 is 15.5 Å². The van der Waals surface area contributed by atoms with Gasteiger partial charge in [-0.05, 0) is 50.4 Å². The molecule has 3 rings (SSSR count). The summed E-state index contributed by atoms with van der Waals surface area (Å²) in [6.07, 6.45) is 3.13. The zero-order valence-corrected chi connectivity index (χ0v) is 13.8. The largest absolute Gasteiger partial charge is 0.371 e. The van der Waals surface area contributed by atoms with Crippen LogP contribution in [0.4, 0.5) is 5.69 Å². The lowest BCUT2D eigenvalue weighted by atomic mass is 9.97. The summed E-state index contributed by atoms with van der Waals surface area (Å²) in [4.78, 5) is 14.6. The number of halogens is 1. The van der Waals surface area contributed by atoms with Crippen LogP contribution in [0, 0.1) is 11.8 Å². The normalized spacial score (nSPS) is 22.2. The highest BCUT2D eigenvalue weighted by atomic mass is 35.5. The van der Waals surface area contributed by atoms with E-state index in [1.54, 1.807) is 0 Å². The van der Waals surface area contributed by atoms with E-state index in [-0.39, 0.29) is 24.2 Å². The van der Waals surface area contributed by atoms with E-state index in [9.17, 15) is 4.79 Å². The number of hydrogen-bond acceptors (Lipinski definition) is 3. The first kappa shape index (κ1) is 17.1. The molecule has 2 N–H and O–H groups in total. The number of amides is 1. The third kappa shape index (κ3) is 4.37. The highest BCUT2D eigenvalue weighted by Crippen LogP contribution is 2.23. The number of piperidine rings is 1. The molecule has 122 valence electrons. The maximum Gasteiger partial charge on any atom is 0.223 e. The molecule has 2 heterocycles. The molecular weight excluding hydrogens is 298 g/mol. The first-order valence-electron chi connectivity index (χ1n) is 8.11. The number of para-hydroxylation sites is 1. The summed E-state index contributed by atoms with van der Waals surface area (Å²) in [5.41, 5.74) is 1.30. The molecule has 0 saturated carbocycles. The van der Waals surface area contributed by atoms with Crippen molar-refractivity contribution in [2.24, 2.45) is 11.8 Å². The summed E-state index contributed by atoms with van der Waals surface area (Å²) in [6, 6.07) is 10.5. The second-order valence-electron chi connectivity index (χ2n) is 6.21. The van der Waals surface area contributed by atoms with Crippen LogP contribution in [0.1, 0.15) is 19.3 Å². The van der Waals surface area contributed by atoms with Crippen molar-refractivity contribution in [3.63, 3.8) is 0 Å². The van der Waals surface area contributed by atoms with Gasteiger partial charge in [0.05, 0.1) is 0 Å². The minimum absolute atomic E-state index is 0. The fourth-order valence-electron chi connectivity index (χ4n) is 3.35. The monoisotopic (exact) mass is 323 g/mol. The lowest BCUT2D eigenvalue weighted by Crippen LogP contribution is -2.40. The number of rotatable bonds is 4. The molecule has 1 aromatic rings. The Bertz CT molecular complexity index is 462. The first-order valence-corrected chi connectivity index (χ1v) is 8.11. The quantitative estimate of drug-likeness (QED) is 0.891. The number of carbonyl (C=O) groups excluding carboxylic acids is 1. The van der Waals surface area contributed by atoms with Crippen molar-refractivity contribution in [1.82, 2.24) is 10.6 Å². The number of nitrogens with zero attached hydrogens (tertiary/aromatic N) is 1. The number of nitrogens with one attached hydrogen (secondary N) is 2. The Kier molecular flexibility index (Phi) is 6.52. The molecule has 1 unspecified atom stereocenters. The molecule has 2 aliphatic heterocycles. The molecule has 22 heavy (non-hydrogen) atoms. The molecule has 0 bridgehead atoms. The smallest absolute Gasteiger partial charge is 0.223 e. The van der Waals surface area contributed by atoms with Crippen LogP contribution in [0.15, 0.2) is 30.3 Å². The van der Waals surface area contributed by atoms with Crippen LogP contribution in [0.25, 0.3) is 0 Å². The van der Waals surface area contributed by atoms with E-state index in [0.717, 1.165) is 45.6 Å². The molecule has 0 aliphatic carbocycles. The van der Waals surface area contributed by atoms with Crippen LogP contribution >= 0.6 is 12.4 Å². The fraction of sp³-hybridized carbons (Fsp3) is 0.588. The fourth-order valence-corrected chi connectivity index (χ4v) is 3.35. The van der Waals surface area contributed by atoms with E-state index in [1.165, 1.54) is 12.1 Å². The predicted octanol–water partition coefficient (Wildman–Crippen LogP) is 2.05. The van der Waals surface area contributed by atoms with Crippen LogP contribution < -0.4 is 15.5 Å². The average molecular weight is 324 g/mol. The van der Waals surface area contributed by atoms with Gasteiger partial charge in [-0.1, -0.05) is 18.2 Å². The van der Waals surface area contributed by atoms with E-state index in [1.807, 2.05) is 0 Å². The summed E-state index contributed by atoms with van der Waals surface area (Å²) in [5.74, 6) is 1.06. The van der Waals surface area contributed by atoms with E-state index in [0.29, 0.717) is 5.92 Å². The van der Waals surface area contributed by atoms with Crippen molar-refractivity contribution in [2.75, 3.05) is 37.6 Å². The van der Waals surface area contributed by atoms with Crippen molar-refractivity contribution in [2.45, 2.75) is 19.3 Å². The Labute approximate surface area is 139 Å². The van der Waals surface area contributed by atoms with Crippen molar-refractivity contribution in [1.29, 1.82) is 0 Å². The Morgan fingerprint density at radius 3 is 2.64 bits per heavy atom. The number of hydrogen-bond donors (Lipinski definition) is 2. The Morgan fingerprint density at radius 1 is 1.18 bits per heavy atom. The molecule has 1 aromatic carbocycles. The highest BCUT2D eigenvalue weighted by molar-refractivity contribution is 5.85. The van der Waals surface area contributed by atoms with Crippen molar-refractivity contribution in [3.8, 4) is 0 Å². The van der Waals surface area contributed by atoms with Gasteiger partial charge in [-0.15, -0.1) is 12.4 Å². The van der Waals surface area contributed by atoms with Crippen LogP contribution in [-0.4, -0.2) is 38.6 Å². The molecule has 0 radical (unpaired) electrons. The third-order valence-corrected chi connectivity index (χ3v) is 4.68. The second kappa shape index (κ2) is 8.39. The third-order valence-electron chi connectivity index (χ3n) is 4.68. The van der Waals surface area contributed by atoms with Crippen molar-refractivity contribution in [3.05, 3.63) is 30.3 Å². The summed E-state index contributed by atoms with van der Waals surface area (Å²) in [5, 5.41) is 6.48. The summed E-state index contributed by atoms with van der Waals surface area (Å²) < 4.78 is 0. The maximum atomic E-state index is 12.2. The molecule has 4 nitrogen and oxygen atoms in total. The van der Waals surface area contributed by atoms with Crippen LogP contribution in [0.3, 0.4) is 0 Å². The van der Waals surface area contributed by atoms with Gasteiger partial charge in [0.25, 0.3) is 0 Å². The average Bonchev–Trinajstić information content (AvgIpc) is 3.03. The SMILES string of the molecule is Cl.O=C(NCC1CCN(c2ccccc2)C1)C1CCNCC1. The molecule has 1 amide bonds. The lowest BCUT2D eigenvalue weighted by Gasteiger charge is -2.23. The lowest BCUT2D eigenvalue weighted by molar-refractivity contribution is -0.125. The predicted molar refractivity (Wildman–Crippen MR) is 92.6 cm³/mol. The van der Waals surface area contributed by atoms with Crippen molar-refractivity contribution < 1.29 is 4.79 Å². The zero-order valence-electron chi connectivity index (χ0n) is 13.0. The van der Waals surface area contributed by atoms with Gasteiger partial charge in [0.2, 0.25) is 5.91 Å². The Hall–Kier alpha value is -1.26. The Morgan fingerprint density at radius 2 is 1.91 bits per heavy atom. The van der Waals surface area contributed by atoms with Gasteiger partial charge in [0.15, 0.2) is 0 Å². The summed E-state index contributed by atoms with van der Waals surface area (Å²) >= 11 is 0. The Balaban J connectivity index is 0.00000176. The minimum Gasteiger partial charge on any atom is -0.371 e. The van der Waals surface area contributed by atoms with Crippen LogP contribution in [-0.2, 0) is 4.79 Å². The summed E-state index contributed by atoms with van der Waals surface area (Å²) in [7, 11) is 0. The van der Waals surface area contributed by atoms with E-state index >= 15 is 0 Å². The van der Waals surface area contributed by atoms with E-state index in [2.05, 4.69) is 45.9 Å². The number of benzene rings is 1. The molecular formula is C17H26ClN3O. The number of carbonyl (C=O) groups is 1. The van der Waals surface area contributed by atoms with E-state index < -0.39 is 0 Å². The minimum atomic E-state index is 0. The van der Waals surface area contributed by atoms with Gasteiger partial charge in [-0.25, -0.2) is 0 Å². The second-order valence-corrected chi connectivity index (χ2v) is 6.21. The molecule has 1 atom stereocenters. The van der Waals surface area contributed by atoms with Crippen LogP contribution in [0.2, 0.25) is 0 Å². The standard InChI is InChI=1S/C17H25N3O.ClH/c21-17(15-6-9-18-10-7-15)19-12-14-8-11-20(13-14)16-4-2-1-3-5-16;/h1-5,14-15,18H,6-13H2,(H,19,21);1H. The highest BCUT2D eigenvalue weighted by Gasteiger charge is 2.25. The van der Waals surface area contributed by atoms with Gasteiger partial charge in [0, 0.05) is 31.2 Å². The maximum absolute atomic E-state index is 12.2. The van der Waals surface area contributed by atoms with Gasteiger partial charge in [-0.3, -0.25) is 4.79 Å². The summed E-state index contributed by atoms with van der Waals surface area (Å²) in [6.45, 7) is 4.92. The molecule has 5 heteroatoms. The van der Waals surface area contributed by atoms with Gasteiger partial charge in [-0.2, -0.15) is 0 Å². The molecule has 2 fully saturated rings.